The fourth-order valence-corrected chi connectivity index (χ4v) is 1.34. The molecule has 0 saturated carbocycles. The third-order valence-corrected chi connectivity index (χ3v) is 3.14. The van der Waals surface area contributed by atoms with Crippen LogP contribution in [0.2, 0.25) is 0 Å². The number of carbonyl (C=O) groups is 1. The molecule has 1 N–H and O–H groups in total. The number of rotatable bonds is 1. The first kappa shape index (κ1) is 12.4. The molecule has 3 nitrogen and oxygen atoms in total. The van der Waals surface area contributed by atoms with E-state index in [4.69, 9.17) is 5.11 Å². The predicted molar refractivity (Wildman–Crippen MR) is 65.5 cm³/mol. The molecule has 1 aliphatic rings. The van der Waals surface area contributed by atoms with E-state index in [0.29, 0.717) is 0 Å². The Balaban J connectivity index is 3.30. The fraction of sp³-hybridized carbons (Fsp3) is 0.385. The van der Waals surface area contributed by atoms with Crippen molar-refractivity contribution in [1.29, 1.82) is 0 Å². The molecule has 0 spiro atoms. The van der Waals surface area contributed by atoms with Crippen LogP contribution < -0.4 is 0 Å². The Morgan fingerprint density at radius 2 is 2.00 bits per heavy atom. The maximum atomic E-state index is 11.0. The first-order chi connectivity index (χ1) is 7.35. The quantitative estimate of drug-likeness (QED) is 0.737. The van der Waals surface area contributed by atoms with E-state index in [-0.39, 0.29) is 11.0 Å². The van der Waals surface area contributed by atoms with Crippen LogP contribution >= 0.6 is 0 Å². The Labute approximate surface area is 95.9 Å². The second kappa shape index (κ2) is 4.47. The maximum Gasteiger partial charge on any atom is 0.335 e. The van der Waals surface area contributed by atoms with Gasteiger partial charge in [-0.25, -0.2) is 4.79 Å². The molecule has 0 aromatic heterocycles. The van der Waals surface area contributed by atoms with Crippen molar-refractivity contribution in [2.75, 3.05) is 0 Å². The van der Waals surface area contributed by atoms with Gasteiger partial charge in [-0.3, -0.25) is 4.99 Å². The zero-order valence-electron chi connectivity index (χ0n) is 10.1. The Morgan fingerprint density at radius 3 is 2.56 bits per heavy atom. The largest absolute Gasteiger partial charge is 0.478 e. The van der Waals surface area contributed by atoms with Crippen LogP contribution in [0, 0.1) is 5.41 Å². The molecule has 3 heteroatoms. The van der Waals surface area contributed by atoms with Crippen LogP contribution in [0.4, 0.5) is 0 Å². The number of hydrogen-bond donors (Lipinski definition) is 1. The summed E-state index contributed by atoms with van der Waals surface area (Å²) in [4.78, 5) is 15.3. The molecule has 0 saturated heterocycles. The van der Waals surface area contributed by atoms with Crippen molar-refractivity contribution >= 4 is 11.7 Å². The number of aliphatic carboxylic acids is 1. The van der Waals surface area contributed by atoms with E-state index in [2.05, 4.69) is 4.99 Å². The van der Waals surface area contributed by atoms with Crippen LogP contribution in [-0.4, -0.2) is 16.8 Å². The summed E-state index contributed by atoms with van der Waals surface area (Å²) in [5.74, 6) is -0.917. The van der Waals surface area contributed by atoms with Crippen molar-refractivity contribution in [2.45, 2.75) is 27.7 Å². The summed E-state index contributed by atoms with van der Waals surface area (Å²) < 4.78 is 0. The van der Waals surface area contributed by atoms with E-state index < -0.39 is 5.97 Å². The Morgan fingerprint density at radius 1 is 1.38 bits per heavy atom. The molecule has 86 valence electrons. The van der Waals surface area contributed by atoms with Crippen molar-refractivity contribution in [3.8, 4) is 0 Å². The highest BCUT2D eigenvalue weighted by atomic mass is 16.4. The summed E-state index contributed by atoms with van der Waals surface area (Å²) in [6, 6.07) is 0. The second-order valence-electron chi connectivity index (χ2n) is 4.44. The van der Waals surface area contributed by atoms with Gasteiger partial charge < -0.3 is 5.11 Å². The number of nitrogens with zero attached hydrogens (tertiary/aromatic N) is 1. The van der Waals surface area contributed by atoms with Crippen molar-refractivity contribution in [1.82, 2.24) is 0 Å². The van der Waals surface area contributed by atoms with Gasteiger partial charge in [0.2, 0.25) is 0 Å². The van der Waals surface area contributed by atoms with Gasteiger partial charge in [0.05, 0.1) is 5.57 Å². The molecule has 0 amide bonds. The molecule has 1 heterocycles. The SMILES string of the molecule is C/C1=N/C=C/C=C(C(=O)O)\C=C(/C)C1(C)C. The third-order valence-electron chi connectivity index (χ3n) is 3.14. The van der Waals surface area contributed by atoms with Gasteiger partial charge in [0.1, 0.15) is 0 Å². The monoisotopic (exact) mass is 219 g/mol. The molecule has 16 heavy (non-hydrogen) atoms. The van der Waals surface area contributed by atoms with E-state index in [9.17, 15) is 4.79 Å². The Hall–Kier alpha value is -1.64. The predicted octanol–water partition coefficient (Wildman–Crippen LogP) is 2.96. The standard InChI is InChI=1S/C13H17NO2/c1-9-8-11(12(15)16)6-5-7-14-10(2)13(9,3)4/h5-8H,1-4H3,(H,15,16)/b7-5+,9-8+,11-6+,14-10-. The van der Waals surface area contributed by atoms with Crippen LogP contribution in [0.5, 0.6) is 0 Å². The van der Waals surface area contributed by atoms with E-state index in [0.717, 1.165) is 11.3 Å². The fourth-order valence-electron chi connectivity index (χ4n) is 1.34. The molecule has 0 aliphatic carbocycles. The average molecular weight is 219 g/mol. The molecule has 0 radical (unpaired) electrons. The van der Waals surface area contributed by atoms with Crippen LogP contribution in [0.1, 0.15) is 27.7 Å². The van der Waals surface area contributed by atoms with Crippen molar-refractivity contribution < 1.29 is 9.90 Å². The van der Waals surface area contributed by atoms with Crippen molar-refractivity contribution in [3.63, 3.8) is 0 Å². The second-order valence-corrected chi connectivity index (χ2v) is 4.44. The molecular weight excluding hydrogens is 202 g/mol. The lowest BCUT2D eigenvalue weighted by molar-refractivity contribution is -0.132. The van der Waals surface area contributed by atoms with Gasteiger partial charge in [-0.2, -0.15) is 0 Å². The van der Waals surface area contributed by atoms with E-state index >= 15 is 0 Å². The molecule has 0 bridgehead atoms. The summed E-state index contributed by atoms with van der Waals surface area (Å²) in [7, 11) is 0. The maximum absolute atomic E-state index is 11.0. The number of aliphatic imine (C=N–C) groups is 1. The molecule has 1 aliphatic heterocycles. The highest BCUT2D eigenvalue weighted by Gasteiger charge is 2.24. The lowest BCUT2D eigenvalue weighted by Gasteiger charge is -2.25. The van der Waals surface area contributed by atoms with Crippen molar-refractivity contribution in [2.24, 2.45) is 10.4 Å². The number of carboxylic acids is 1. The van der Waals surface area contributed by atoms with E-state index in [1.54, 1.807) is 24.4 Å². The molecular formula is C13H17NO2. The number of allylic oxidation sites excluding steroid dienone is 3. The Kier molecular flexibility index (Phi) is 3.48. The van der Waals surface area contributed by atoms with Crippen LogP contribution in [-0.2, 0) is 4.79 Å². The molecule has 0 unspecified atom stereocenters. The van der Waals surface area contributed by atoms with Crippen molar-refractivity contribution in [3.05, 3.63) is 35.6 Å². The summed E-state index contributed by atoms with van der Waals surface area (Å²) in [6.45, 7) is 7.96. The smallest absolute Gasteiger partial charge is 0.335 e. The molecule has 0 aromatic carbocycles. The number of hydrogen-bond acceptors (Lipinski definition) is 2. The minimum absolute atomic E-state index is 0.219. The first-order valence-corrected chi connectivity index (χ1v) is 5.19. The summed E-state index contributed by atoms with van der Waals surface area (Å²) >= 11 is 0. The summed E-state index contributed by atoms with van der Waals surface area (Å²) in [6.07, 6.45) is 6.55. The third kappa shape index (κ3) is 2.48. The molecule has 1 rings (SSSR count). The van der Waals surface area contributed by atoms with Gasteiger partial charge >= 0.3 is 5.97 Å². The molecule has 0 fully saturated rings. The van der Waals surface area contributed by atoms with E-state index in [1.807, 2.05) is 27.7 Å². The molecule has 0 aromatic rings. The van der Waals surface area contributed by atoms with Gasteiger partial charge in [-0.1, -0.05) is 19.4 Å². The van der Waals surface area contributed by atoms with Crippen LogP contribution in [0.15, 0.2) is 40.6 Å². The highest BCUT2D eigenvalue weighted by Crippen LogP contribution is 2.29. The van der Waals surface area contributed by atoms with Gasteiger partial charge in [-0.05, 0) is 32.1 Å². The topological polar surface area (TPSA) is 49.7 Å². The average Bonchev–Trinajstić information content (AvgIpc) is 2.23. The van der Waals surface area contributed by atoms with Gasteiger partial charge in [0.25, 0.3) is 0 Å². The number of carboxylic acid groups (broad SMARTS) is 1. The van der Waals surface area contributed by atoms with Gasteiger partial charge in [0, 0.05) is 17.3 Å². The van der Waals surface area contributed by atoms with E-state index in [1.165, 1.54) is 0 Å². The zero-order chi connectivity index (χ0) is 12.3. The lowest BCUT2D eigenvalue weighted by Crippen LogP contribution is -2.23. The Bertz CT molecular complexity index is 423. The summed E-state index contributed by atoms with van der Waals surface area (Å²) in [5, 5.41) is 9.02. The first-order valence-electron chi connectivity index (χ1n) is 5.19. The normalized spacial score (nSPS) is 31.6. The highest BCUT2D eigenvalue weighted by molar-refractivity contribution is 5.93. The van der Waals surface area contributed by atoms with Gasteiger partial charge in [0.15, 0.2) is 0 Å². The summed E-state index contributed by atoms with van der Waals surface area (Å²) in [5.41, 5.74) is 2.03. The zero-order valence-corrected chi connectivity index (χ0v) is 10.1. The lowest BCUT2D eigenvalue weighted by atomic mass is 9.80. The minimum Gasteiger partial charge on any atom is -0.478 e. The molecule has 0 atom stereocenters. The van der Waals surface area contributed by atoms with Crippen LogP contribution in [0.3, 0.4) is 0 Å². The van der Waals surface area contributed by atoms with Crippen LogP contribution in [0.25, 0.3) is 0 Å². The van der Waals surface area contributed by atoms with Gasteiger partial charge in [-0.15, -0.1) is 0 Å². The minimum atomic E-state index is -0.917.